The first-order chi connectivity index (χ1) is 5.58. The van der Waals surface area contributed by atoms with Gasteiger partial charge in [-0.2, -0.15) is 0 Å². The molecule has 0 aromatic carbocycles. The quantitative estimate of drug-likeness (QED) is 0.678. The van der Waals surface area contributed by atoms with Crippen LogP contribution in [0.25, 0.3) is 0 Å². The van der Waals surface area contributed by atoms with Crippen molar-refractivity contribution >= 4 is 5.97 Å². The van der Waals surface area contributed by atoms with Crippen molar-refractivity contribution in [3.63, 3.8) is 0 Å². The van der Waals surface area contributed by atoms with Gasteiger partial charge in [0, 0.05) is 12.8 Å². The number of ether oxygens (including phenoxy) is 2. The SMILES string of the molecule is COC1=COC(C)(C(=O)O)CC1. The van der Waals surface area contributed by atoms with Gasteiger partial charge in [0.05, 0.1) is 7.11 Å². The first-order valence-electron chi connectivity index (χ1n) is 3.73. The van der Waals surface area contributed by atoms with E-state index in [1.54, 1.807) is 14.0 Å². The van der Waals surface area contributed by atoms with Gasteiger partial charge in [-0.1, -0.05) is 0 Å². The molecule has 1 atom stereocenters. The molecule has 0 aromatic heterocycles. The molecular formula is C8H12O4. The number of hydrogen-bond acceptors (Lipinski definition) is 3. The molecule has 0 radical (unpaired) electrons. The molecule has 0 amide bonds. The summed E-state index contributed by atoms with van der Waals surface area (Å²) in [7, 11) is 1.54. The van der Waals surface area contributed by atoms with E-state index in [0.717, 1.165) is 0 Å². The number of rotatable bonds is 2. The lowest BCUT2D eigenvalue weighted by Gasteiger charge is -2.28. The van der Waals surface area contributed by atoms with Gasteiger partial charge in [0.15, 0.2) is 0 Å². The Balaban J connectivity index is 2.67. The lowest BCUT2D eigenvalue weighted by Crippen LogP contribution is -2.38. The van der Waals surface area contributed by atoms with E-state index in [4.69, 9.17) is 14.6 Å². The summed E-state index contributed by atoms with van der Waals surface area (Å²) in [5.74, 6) is -0.248. The summed E-state index contributed by atoms with van der Waals surface area (Å²) in [5.41, 5.74) is -1.08. The third-order valence-corrected chi connectivity index (χ3v) is 2.01. The molecule has 0 saturated heterocycles. The summed E-state index contributed by atoms with van der Waals surface area (Å²) >= 11 is 0. The van der Waals surface area contributed by atoms with Gasteiger partial charge < -0.3 is 14.6 Å². The molecule has 0 saturated carbocycles. The predicted octanol–water partition coefficient (Wildman–Crippen LogP) is 1.13. The third kappa shape index (κ3) is 1.52. The zero-order chi connectivity index (χ0) is 9.19. The average molecular weight is 172 g/mol. The third-order valence-electron chi connectivity index (χ3n) is 2.01. The van der Waals surface area contributed by atoms with Crippen molar-refractivity contribution in [1.29, 1.82) is 0 Å². The van der Waals surface area contributed by atoms with Gasteiger partial charge in [0.25, 0.3) is 0 Å². The largest absolute Gasteiger partial charge is 0.498 e. The molecule has 1 N–H and O–H groups in total. The van der Waals surface area contributed by atoms with Gasteiger partial charge in [0.1, 0.15) is 12.0 Å². The van der Waals surface area contributed by atoms with Crippen LogP contribution in [-0.2, 0) is 14.3 Å². The van der Waals surface area contributed by atoms with Gasteiger partial charge in [-0.15, -0.1) is 0 Å². The Bertz CT molecular complexity index is 221. The van der Waals surface area contributed by atoms with Gasteiger partial charge in [-0.3, -0.25) is 0 Å². The molecule has 0 aromatic rings. The van der Waals surface area contributed by atoms with Crippen molar-refractivity contribution in [2.24, 2.45) is 0 Å². The smallest absolute Gasteiger partial charge is 0.347 e. The minimum Gasteiger partial charge on any atom is -0.498 e. The standard InChI is InChI=1S/C8H12O4/c1-8(7(9)10)4-3-6(11-2)5-12-8/h5H,3-4H2,1-2H3,(H,9,10). The first kappa shape index (κ1) is 8.90. The monoisotopic (exact) mass is 172 g/mol. The minimum absolute atomic E-state index is 0.446. The maximum atomic E-state index is 10.7. The summed E-state index contributed by atoms with van der Waals surface area (Å²) in [6, 6.07) is 0. The molecule has 0 bridgehead atoms. The van der Waals surface area contributed by atoms with Crippen molar-refractivity contribution in [3.05, 3.63) is 12.0 Å². The summed E-state index contributed by atoms with van der Waals surface area (Å²) in [6.45, 7) is 1.55. The van der Waals surface area contributed by atoms with Crippen LogP contribution in [0.1, 0.15) is 19.8 Å². The number of carboxylic acid groups (broad SMARTS) is 1. The van der Waals surface area contributed by atoms with Crippen LogP contribution in [0.3, 0.4) is 0 Å². The first-order valence-corrected chi connectivity index (χ1v) is 3.73. The highest BCUT2D eigenvalue weighted by molar-refractivity contribution is 5.77. The number of hydrogen-bond donors (Lipinski definition) is 1. The van der Waals surface area contributed by atoms with E-state index in [1.807, 2.05) is 0 Å². The molecule has 0 spiro atoms. The van der Waals surface area contributed by atoms with Crippen LogP contribution in [0, 0.1) is 0 Å². The van der Waals surface area contributed by atoms with Crippen LogP contribution in [0.4, 0.5) is 0 Å². The summed E-state index contributed by atoms with van der Waals surface area (Å²) < 4.78 is 9.95. The van der Waals surface area contributed by atoms with Crippen LogP contribution < -0.4 is 0 Å². The fraction of sp³-hybridized carbons (Fsp3) is 0.625. The lowest BCUT2D eigenvalue weighted by molar-refractivity contribution is -0.159. The molecule has 0 fully saturated rings. The predicted molar refractivity (Wildman–Crippen MR) is 41.5 cm³/mol. The van der Waals surface area contributed by atoms with Crippen molar-refractivity contribution in [2.45, 2.75) is 25.4 Å². The lowest BCUT2D eigenvalue weighted by atomic mass is 9.98. The molecule has 1 heterocycles. The maximum Gasteiger partial charge on any atom is 0.347 e. The van der Waals surface area contributed by atoms with Gasteiger partial charge >= 0.3 is 5.97 Å². The molecule has 1 aliphatic heterocycles. The number of allylic oxidation sites excluding steroid dienone is 1. The highest BCUT2D eigenvalue weighted by Gasteiger charge is 2.37. The Morgan fingerprint density at radius 2 is 2.50 bits per heavy atom. The average Bonchev–Trinajstić information content (AvgIpc) is 2.06. The second kappa shape index (κ2) is 3.05. The Morgan fingerprint density at radius 3 is 2.83 bits per heavy atom. The zero-order valence-corrected chi connectivity index (χ0v) is 7.16. The van der Waals surface area contributed by atoms with Crippen LogP contribution >= 0.6 is 0 Å². The Hall–Kier alpha value is -1.19. The molecular weight excluding hydrogens is 160 g/mol. The topological polar surface area (TPSA) is 55.8 Å². The second-order valence-corrected chi connectivity index (χ2v) is 2.94. The van der Waals surface area contributed by atoms with E-state index in [9.17, 15) is 4.79 Å². The molecule has 0 aliphatic carbocycles. The van der Waals surface area contributed by atoms with Crippen LogP contribution in [0.15, 0.2) is 12.0 Å². The second-order valence-electron chi connectivity index (χ2n) is 2.94. The van der Waals surface area contributed by atoms with Crippen LogP contribution in [0.2, 0.25) is 0 Å². The van der Waals surface area contributed by atoms with Crippen molar-refractivity contribution in [3.8, 4) is 0 Å². The van der Waals surface area contributed by atoms with E-state index in [1.165, 1.54) is 6.26 Å². The summed E-state index contributed by atoms with van der Waals surface area (Å²) in [5, 5.41) is 8.76. The number of carboxylic acids is 1. The normalized spacial score (nSPS) is 28.7. The Labute approximate surface area is 70.8 Å². The molecule has 1 unspecified atom stereocenters. The Kier molecular flexibility index (Phi) is 2.26. The molecule has 1 rings (SSSR count). The van der Waals surface area contributed by atoms with Crippen LogP contribution in [0.5, 0.6) is 0 Å². The van der Waals surface area contributed by atoms with Crippen molar-refractivity contribution in [2.75, 3.05) is 7.11 Å². The van der Waals surface area contributed by atoms with Gasteiger partial charge in [-0.05, 0) is 6.92 Å². The van der Waals surface area contributed by atoms with E-state index < -0.39 is 11.6 Å². The molecule has 4 nitrogen and oxygen atoms in total. The van der Waals surface area contributed by atoms with E-state index in [0.29, 0.717) is 18.6 Å². The zero-order valence-electron chi connectivity index (χ0n) is 7.16. The number of methoxy groups -OCH3 is 1. The maximum absolute atomic E-state index is 10.7. The summed E-state index contributed by atoms with van der Waals surface area (Å²) in [4.78, 5) is 10.7. The number of carbonyl (C=O) groups is 1. The van der Waals surface area contributed by atoms with Crippen molar-refractivity contribution < 1.29 is 19.4 Å². The highest BCUT2D eigenvalue weighted by Crippen LogP contribution is 2.27. The van der Waals surface area contributed by atoms with Crippen molar-refractivity contribution in [1.82, 2.24) is 0 Å². The van der Waals surface area contributed by atoms with E-state index >= 15 is 0 Å². The minimum atomic E-state index is -1.08. The Morgan fingerprint density at radius 1 is 1.83 bits per heavy atom. The molecule has 68 valence electrons. The molecule has 1 aliphatic rings. The molecule has 4 heteroatoms. The summed E-state index contributed by atoms with van der Waals surface area (Å²) in [6.07, 6.45) is 2.43. The van der Waals surface area contributed by atoms with E-state index in [-0.39, 0.29) is 0 Å². The van der Waals surface area contributed by atoms with Gasteiger partial charge in [-0.25, -0.2) is 4.79 Å². The van der Waals surface area contributed by atoms with Gasteiger partial charge in [0.2, 0.25) is 5.60 Å². The molecule has 12 heavy (non-hydrogen) atoms. The van der Waals surface area contributed by atoms with Crippen LogP contribution in [-0.4, -0.2) is 23.8 Å². The van der Waals surface area contributed by atoms with E-state index in [2.05, 4.69) is 0 Å². The number of aliphatic carboxylic acids is 1. The fourth-order valence-electron chi connectivity index (χ4n) is 0.983. The highest BCUT2D eigenvalue weighted by atomic mass is 16.5. The fourth-order valence-corrected chi connectivity index (χ4v) is 0.983.